The highest BCUT2D eigenvalue weighted by Gasteiger charge is 2.11. The zero-order chi connectivity index (χ0) is 11.0. The lowest BCUT2D eigenvalue weighted by Crippen LogP contribution is -1.94. The van der Waals surface area contributed by atoms with E-state index in [1.165, 1.54) is 6.20 Å². The Hall–Kier alpha value is -1.49. The molecule has 0 radical (unpaired) electrons. The Labute approximate surface area is 94.2 Å². The third-order valence-electron chi connectivity index (χ3n) is 2.13. The Kier molecular flexibility index (Phi) is 2.40. The molecule has 2 aromatic heterocycles. The molecule has 0 bridgehead atoms. The van der Waals surface area contributed by atoms with Crippen LogP contribution in [0.2, 0.25) is 0 Å². The van der Waals surface area contributed by atoms with Crippen LogP contribution in [0, 0.1) is 0 Å². The number of nitrogens with zero attached hydrogens (tertiary/aromatic N) is 1. The van der Waals surface area contributed by atoms with Crippen LogP contribution in [0.3, 0.4) is 0 Å². The van der Waals surface area contributed by atoms with E-state index in [1.807, 2.05) is 6.07 Å². The van der Waals surface area contributed by atoms with E-state index >= 15 is 0 Å². The van der Waals surface area contributed by atoms with Gasteiger partial charge >= 0.3 is 5.97 Å². The van der Waals surface area contributed by atoms with E-state index in [0.717, 1.165) is 9.99 Å². The number of aromatic carboxylic acids is 1. The molecule has 0 aliphatic rings. The normalized spacial score (nSPS) is 10.5. The maximum absolute atomic E-state index is 10.8. The van der Waals surface area contributed by atoms with Crippen molar-refractivity contribution in [2.45, 2.75) is 0 Å². The highest BCUT2D eigenvalue weighted by atomic mass is 79.9. The third-order valence-corrected chi connectivity index (χ3v) is 2.80. The van der Waals surface area contributed by atoms with Crippen LogP contribution in [0.1, 0.15) is 10.4 Å². The molecule has 2 aromatic rings. The number of carboxylic acid groups (broad SMARTS) is 1. The fraction of sp³-hybridized carbons (Fsp3) is 0.100. The second kappa shape index (κ2) is 3.58. The van der Waals surface area contributed by atoms with Gasteiger partial charge in [-0.05, 0) is 34.1 Å². The summed E-state index contributed by atoms with van der Waals surface area (Å²) >= 11 is 3.35. The Morgan fingerprint density at radius 3 is 2.87 bits per heavy atom. The van der Waals surface area contributed by atoms with E-state index in [-0.39, 0.29) is 5.56 Å². The van der Waals surface area contributed by atoms with Crippen molar-refractivity contribution in [2.75, 3.05) is 7.11 Å². The molecule has 0 aliphatic carbocycles. The summed E-state index contributed by atoms with van der Waals surface area (Å²) in [6.07, 6.45) is 1.53. The van der Waals surface area contributed by atoms with Crippen LogP contribution in [-0.4, -0.2) is 22.6 Å². The molecule has 0 spiro atoms. The highest BCUT2D eigenvalue weighted by molar-refractivity contribution is 9.10. The van der Waals surface area contributed by atoms with Gasteiger partial charge < -0.3 is 9.84 Å². The fourth-order valence-electron chi connectivity index (χ4n) is 1.42. The van der Waals surface area contributed by atoms with Crippen LogP contribution in [-0.2, 0) is 0 Å². The molecule has 4 nitrogen and oxygen atoms in total. The number of pyridine rings is 1. The average molecular weight is 270 g/mol. The number of ether oxygens (including phenoxy) is 1. The number of hydrogen-bond acceptors (Lipinski definition) is 2. The molecule has 2 rings (SSSR count). The van der Waals surface area contributed by atoms with Crippen LogP contribution in [0.25, 0.3) is 5.52 Å². The Balaban J connectivity index is 2.77. The molecule has 0 saturated heterocycles. The minimum absolute atomic E-state index is 0.236. The topological polar surface area (TPSA) is 50.9 Å². The molecule has 0 atom stereocenters. The predicted molar refractivity (Wildman–Crippen MR) is 58.6 cm³/mol. The SMILES string of the molecule is COc1ccc(Br)c2cc(C(=O)O)cn12. The summed E-state index contributed by atoms with van der Waals surface area (Å²) in [5.74, 6) is -0.353. The molecule has 0 fully saturated rings. The largest absolute Gasteiger partial charge is 0.482 e. The molecule has 2 heterocycles. The predicted octanol–water partition coefficient (Wildman–Crippen LogP) is 2.41. The second-order valence-corrected chi connectivity index (χ2v) is 3.87. The van der Waals surface area contributed by atoms with Crippen molar-refractivity contribution < 1.29 is 14.6 Å². The molecule has 0 aromatic carbocycles. The minimum Gasteiger partial charge on any atom is -0.482 e. The van der Waals surface area contributed by atoms with Gasteiger partial charge in [0.05, 0.1) is 18.2 Å². The monoisotopic (exact) mass is 269 g/mol. The van der Waals surface area contributed by atoms with Gasteiger partial charge in [0.15, 0.2) is 5.88 Å². The van der Waals surface area contributed by atoms with E-state index in [2.05, 4.69) is 15.9 Å². The molecule has 0 unspecified atom stereocenters. The van der Waals surface area contributed by atoms with Crippen molar-refractivity contribution in [3.8, 4) is 5.88 Å². The van der Waals surface area contributed by atoms with Gasteiger partial charge in [-0.15, -0.1) is 0 Å². The van der Waals surface area contributed by atoms with Crippen molar-refractivity contribution in [2.24, 2.45) is 0 Å². The quantitative estimate of drug-likeness (QED) is 0.911. The third kappa shape index (κ3) is 1.59. The fourth-order valence-corrected chi connectivity index (χ4v) is 1.86. The molecule has 0 saturated carbocycles. The first-order valence-electron chi connectivity index (χ1n) is 4.21. The van der Waals surface area contributed by atoms with Crippen molar-refractivity contribution in [3.63, 3.8) is 0 Å². The molecule has 78 valence electrons. The summed E-state index contributed by atoms with van der Waals surface area (Å²) in [4.78, 5) is 10.8. The number of halogens is 1. The van der Waals surface area contributed by atoms with Crippen LogP contribution in [0.5, 0.6) is 5.88 Å². The maximum atomic E-state index is 10.8. The molecule has 15 heavy (non-hydrogen) atoms. The number of fused-ring (bicyclic) bond motifs is 1. The Morgan fingerprint density at radius 2 is 2.27 bits per heavy atom. The average Bonchev–Trinajstić information content (AvgIpc) is 2.64. The summed E-state index contributed by atoms with van der Waals surface area (Å²) in [7, 11) is 1.54. The lowest BCUT2D eigenvalue weighted by atomic mass is 10.3. The van der Waals surface area contributed by atoms with Gasteiger partial charge in [-0.1, -0.05) is 0 Å². The van der Waals surface area contributed by atoms with Gasteiger partial charge in [0.1, 0.15) is 0 Å². The zero-order valence-corrected chi connectivity index (χ0v) is 9.48. The van der Waals surface area contributed by atoms with Gasteiger partial charge in [0.2, 0.25) is 0 Å². The van der Waals surface area contributed by atoms with E-state index in [1.54, 1.807) is 23.6 Å². The first kappa shape index (κ1) is 10.0. The molecular weight excluding hydrogens is 262 g/mol. The van der Waals surface area contributed by atoms with Crippen molar-refractivity contribution in [1.82, 2.24) is 4.40 Å². The zero-order valence-electron chi connectivity index (χ0n) is 7.90. The van der Waals surface area contributed by atoms with Crippen LogP contribution >= 0.6 is 15.9 Å². The van der Waals surface area contributed by atoms with Crippen LogP contribution in [0.15, 0.2) is 28.9 Å². The second-order valence-electron chi connectivity index (χ2n) is 3.01. The number of methoxy groups -OCH3 is 1. The summed E-state index contributed by atoms with van der Waals surface area (Å²) in [6.45, 7) is 0. The van der Waals surface area contributed by atoms with Crippen LogP contribution in [0.4, 0.5) is 0 Å². The summed E-state index contributed by atoms with van der Waals surface area (Å²) in [6, 6.07) is 5.18. The maximum Gasteiger partial charge on any atom is 0.337 e. The number of carbonyl (C=O) groups is 1. The first-order valence-corrected chi connectivity index (χ1v) is 5.00. The summed E-state index contributed by atoms with van der Waals surface area (Å²) in [5.41, 5.74) is 1.01. The smallest absolute Gasteiger partial charge is 0.337 e. The van der Waals surface area contributed by atoms with E-state index in [0.29, 0.717) is 5.88 Å². The molecule has 0 aliphatic heterocycles. The number of aromatic nitrogens is 1. The van der Waals surface area contributed by atoms with E-state index in [4.69, 9.17) is 9.84 Å². The highest BCUT2D eigenvalue weighted by Crippen LogP contribution is 2.25. The number of rotatable bonds is 2. The van der Waals surface area contributed by atoms with Gasteiger partial charge in [-0.3, -0.25) is 4.40 Å². The summed E-state index contributed by atoms with van der Waals surface area (Å²) in [5, 5.41) is 8.87. The van der Waals surface area contributed by atoms with Crippen molar-refractivity contribution in [1.29, 1.82) is 0 Å². The Morgan fingerprint density at radius 1 is 1.53 bits per heavy atom. The first-order chi connectivity index (χ1) is 7.13. The lowest BCUT2D eigenvalue weighted by Gasteiger charge is -2.04. The standard InChI is InChI=1S/C10H8BrNO3/c1-15-9-3-2-7(11)8-4-6(10(13)14)5-12(8)9/h2-5H,1H3,(H,13,14). The molecule has 0 amide bonds. The van der Waals surface area contributed by atoms with E-state index in [9.17, 15) is 4.79 Å². The molecule has 5 heteroatoms. The number of carboxylic acids is 1. The Bertz CT molecular complexity index is 533. The van der Waals surface area contributed by atoms with Gasteiger partial charge in [0.25, 0.3) is 0 Å². The minimum atomic E-state index is -0.951. The lowest BCUT2D eigenvalue weighted by molar-refractivity contribution is 0.0697. The van der Waals surface area contributed by atoms with Gasteiger partial charge in [-0.2, -0.15) is 0 Å². The van der Waals surface area contributed by atoms with Gasteiger partial charge in [-0.25, -0.2) is 4.79 Å². The molecular formula is C10H8BrNO3. The van der Waals surface area contributed by atoms with Crippen molar-refractivity contribution in [3.05, 3.63) is 34.4 Å². The molecule has 1 N–H and O–H groups in total. The summed E-state index contributed by atoms with van der Waals surface area (Å²) < 4.78 is 7.64. The van der Waals surface area contributed by atoms with Gasteiger partial charge in [0, 0.05) is 10.7 Å². The van der Waals surface area contributed by atoms with Crippen LogP contribution < -0.4 is 4.74 Å². The van der Waals surface area contributed by atoms with E-state index < -0.39 is 5.97 Å². The van der Waals surface area contributed by atoms with Crippen molar-refractivity contribution >= 4 is 27.4 Å². The number of hydrogen-bond donors (Lipinski definition) is 1.